The summed E-state index contributed by atoms with van der Waals surface area (Å²) in [5.74, 6) is -0.398. The molecule has 2 aromatic rings. The molecule has 0 aliphatic heterocycles. The average molecular weight is 296 g/mol. The standard InChI is InChI=1S/C13H13FN2O3S/c14-11-4-2-1-3-9(11)8-19-12-6-5-10(15)7-13(12)20(16,17)18/h1-7H,8,15H2,(H2,16,17,18). The highest BCUT2D eigenvalue weighted by Gasteiger charge is 2.16. The van der Waals surface area contributed by atoms with E-state index in [1.54, 1.807) is 18.2 Å². The molecule has 5 nitrogen and oxygen atoms in total. The van der Waals surface area contributed by atoms with E-state index in [-0.39, 0.29) is 22.9 Å². The Bertz CT molecular complexity index is 732. The van der Waals surface area contributed by atoms with Crippen LogP contribution in [0.25, 0.3) is 0 Å². The number of ether oxygens (including phenoxy) is 1. The molecule has 0 bridgehead atoms. The molecular weight excluding hydrogens is 283 g/mol. The number of rotatable bonds is 4. The van der Waals surface area contributed by atoms with Gasteiger partial charge < -0.3 is 10.5 Å². The predicted molar refractivity (Wildman–Crippen MR) is 73.0 cm³/mol. The van der Waals surface area contributed by atoms with Crippen LogP contribution in [0.15, 0.2) is 47.4 Å². The van der Waals surface area contributed by atoms with E-state index in [2.05, 4.69) is 0 Å². The lowest BCUT2D eigenvalue weighted by Crippen LogP contribution is -2.14. The van der Waals surface area contributed by atoms with Crippen molar-refractivity contribution in [1.29, 1.82) is 0 Å². The monoisotopic (exact) mass is 296 g/mol. The van der Waals surface area contributed by atoms with Crippen molar-refractivity contribution in [2.24, 2.45) is 5.14 Å². The van der Waals surface area contributed by atoms with Crippen molar-refractivity contribution in [3.05, 3.63) is 53.8 Å². The van der Waals surface area contributed by atoms with Crippen molar-refractivity contribution < 1.29 is 17.5 Å². The molecule has 0 spiro atoms. The van der Waals surface area contributed by atoms with Gasteiger partial charge in [0.15, 0.2) is 0 Å². The number of sulfonamides is 1. The minimum atomic E-state index is -3.97. The van der Waals surface area contributed by atoms with Crippen molar-refractivity contribution in [3.8, 4) is 5.75 Å². The van der Waals surface area contributed by atoms with E-state index in [0.717, 1.165) is 0 Å². The fourth-order valence-corrected chi connectivity index (χ4v) is 2.34. The zero-order chi connectivity index (χ0) is 14.8. The molecule has 0 aliphatic rings. The Morgan fingerprint density at radius 2 is 1.85 bits per heavy atom. The van der Waals surface area contributed by atoms with Crippen LogP contribution in [-0.4, -0.2) is 8.42 Å². The third kappa shape index (κ3) is 3.25. The van der Waals surface area contributed by atoms with Crippen molar-refractivity contribution in [1.82, 2.24) is 0 Å². The Morgan fingerprint density at radius 1 is 1.15 bits per heavy atom. The van der Waals surface area contributed by atoms with Crippen LogP contribution >= 0.6 is 0 Å². The van der Waals surface area contributed by atoms with Gasteiger partial charge in [0.1, 0.15) is 23.1 Å². The highest BCUT2D eigenvalue weighted by atomic mass is 32.2. The predicted octanol–water partition coefficient (Wildman–Crippen LogP) is 1.63. The van der Waals surface area contributed by atoms with Crippen molar-refractivity contribution in [3.63, 3.8) is 0 Å². The van der Waals surface area contributed by atoms with E-state index in [0.29, 0.717) is 5.56 Å². The number of halogens is 1. The van der Waals surface area contributed by atoms with Gasteiger partial charge in [-0.15, -0.1) is 0 Å². The third-order valence-electron chi connectivity index (χ3n) is 2.62. The van der Waals surface area contributed by atoms with Gasteiger partial charge in [0, 0.05) is 11.3 Å². The summed E-state index contributed by atoms with van der Waals surface area (Å²) in [6, 6.07) is 10.1. The minimum absolute atomic E-state index is 0.0324. The molecule has 0 unspecified atom stereocenters. The fraction of sp³-hybridized carbons (Fsp3) is 0.0769. The third-order valence-corrected chi connectivity index (χ3v) is 3.55. The van der Waals surface area contributed by atoms with Gasteiger partial charge >= 0.3 is 0 Å². The van der Waals surface area contributed by atoms with Gasteiger partial charge in [0.25, 0.3) is 0 Å². The van der Waals surface area contributed by atoms with E-state index in [4.69, 9.17) is 15.6 Å². The molecule has 7 heteroatoms. The van der Waals surface area contributed by atoms with E-state index in [9.17, 15) is 12.8 Å². The minimum Gasteiger partial charge on any atom is -0.487 e. The molecule has 4 N–H and O–H groups in total. The lowest BCUT2D eigenvalue weighted by molar-refractivity contribution is 0.292. The molecule has 106 valence electrons. The van der Waals surface area contributed by atoms with Crippen molar-refractivity contribution in [2.75, 3.05) is 5.73 Å². The lowest BCUT2D eigenvalue weighted by Gasteiger charge is -2.11. The highest BCUT2D eigenvalue weighted by Crippen LogP contribution is 2.26. The molecule has 0 atom stereocenters. The van der Waals surface area contributed by atoms with Crippen molar-refractivity contribution in [2.45, 2.75) is 11.5 Å². The first-order chi connectivity index (χ1) is 9.38. The van der Waals surface area contributed by atoms with E-state index in [1.165, 1.54) is 24.3 Å². The van der Waals surface area contributed by atoms with Crippen molar-refractivity contribution >= 4 is 15.7 Å². The van der Waals surface area contributed by atoms with E-state index >= 15 is 0 Å². The topological polar surface area (TPSA) is 95.4 Å². The van der Waals surface area contributed by atoms with Crippen LogP contribution in [0.4, 0.5) is 10.1 Å². The fourth-order valence-electron chi connectivity index (χ4n) is 1.64. The summed E-state index contributed by atoms with van der Waals surface area (Å²) >= 11 is 0. The SMILES string of the molecule is Nc1ccc(OCc2ccccc2F)c(S(N)(=O)=O)c1. The van der Waals surface area contributed by atoms with Crippen LogP contribution in [0, 0.1) is 5.82 Å². The number of benzene rings is 2. The molecule has 0 saturated heterocycles. The second kappa shape index (κ2) is 5.48. The number of nitrogens with two attached hydrogens (primary N) is 2. The quantitative estimate of drug-likeness (QED) is 0.838. The Kier molecular flexibility index (Phi) is 3.91. The Labute approximate surface area is 116 Å². The maximum atomic E-state index is 13.4. The maximum Gasteiger partial charge on any atom is 0.241 e. The van der Waals surface area contributed by atoms with Gasteiger partial charge in [-0.05, 0) is 24.3 Å². The molecule has 0 amide bonds. The summed E-state index contributed by atoms with van der Waals surface area (Å²) in [4.78, 5) is -0.228. The first kappa shape index (κ1) is 14.3. The van der Waals surface area contributed by atoms with E-state index < -0.39 is 15.8 Å². The smallest absolute Gasteiger partial charge is 0.241 e. The zero-order valence-corrected chi connectivity index (χ0v) is 11.2. The Morgan fingerprint density at radius 3 is 2.50 bits per heavy atom. The molecule has 0 heterocycles. The molecule has 0 saturated carbocycles. The maximum absolute atomic E-state index is 13.4. The molecule has 0 aliphatic carbocycles. The molecule has 2 aromatic carbocycles. The number of anilines is 1. The summed E-state index contributed by atoms with van der Waals surface area (Å²) in [5, 5.41) is 5.09. The Balaban J connectivity index is 2.29. The van der Waals surface area contributed by atoms with Gasteiger partial charge in [-0.3, -0.25) is 0 Å². The average Bonchev–Trinajstić information content (AvgIpc) is 2.38. The van der Waals surface area contributed by atoms with E-state index in [1.807, 2.05) is 0 Å². The summed E-state index contributed by atoms with van der Waals surface area (Å²) in [6.07, 6.45) is 0. The molecule has 2 rings (SSSR count). The summed E-state index contributed by atoms with van der Waals surface area (Å²) < 4.78 is 41.7. The van der Waals surface area contributed by atoms with Crippen LogP contribution in [0.2, 0.25) is 0 Å². The molecule has 0 aromatic heterocycles. The van der Waals surface area contributed by atoms with Crippen LogP contribution in [0.1, 0.15) is 5.56 Å². The van der Waals surface area contributed by atoms with Gasteiger partial charge in [-0.2, -0.15) is 0 Å². The Hall–Kier alpha value is -2.12. The molecule has 20 heavy (non-hydrogen) atoms. The van der Waals surface area contributed by atoms with Crippen LogP contribution in [-0.2, 0) is 16.6 Å². The highest BCUT2D eigenvalue weighted by molar-refractivity contribution is 7.89. The van der Waals surface area contributed by atoms with Crippen LogP contribution in [0.5, 0.6) is 5.75 Å². The lowest BCUT2D eigenvalue weighted by atomic mass is 10.2. The first-order valence-corrected chi connectivity index (χ1v) is 7.21. The second-order valence-corrected chi connectivity index (χ2v) is 5.66. The number of hydrogen-bond acceptors (Lipinski definition) is 4. The first-order valence-electron chi connectivity index (χ1n) is 5.66. The summed E-state index contributed by atoms with van der Waals surface area (Å²) in [5.41, 5.74) is 6.07. The summed E-state index contributed by atoms with van der Waals surface area (Å²) in [6.45, 7) is -0.112. The largest absolute Gasteiger partial charge is 0.487 e. The molecule has 0 radical (unpaired) electrons. The van der Waals surface area contributed by atoms with Gasteiger partial charge in [0.2, 0.25) is 10.0 Å². The van der Waals surface area contributed by atoms with Gasteiger partial charge in [-0.25, -0.2) is 17.9 Å². The van der Waals surface area contributed by atoms with Gasteiger partial charge in [0.05, 0.1) is 0 Å². The second-order valence-electron chi connectivity index (χ2n) is 4.13. The number of hydrogen-bond donors (Lipinski definition) is 2. The number of nitrogen functional groups attached to an aromatic ring is 1. The normalized spacial score (nSPS) is 11.3. The van der Waals surface area contributed by atoms with Crippen LogP contribution < -0.4 is 15.6 Å². The zero-order valence-electron chi connectivity index (χ0n) is 10.4. The molecular formula is C13H13FN2O3S. The van der Waals surface area contributed by atoms with Gasteiger partial charge in [-0.1, -0.05) is 18.2 Å². The molecule has 0 fully saturated rings. The summed E-state index contributed by atoms with van der Waals surface area (Å²) in [7, 11) is -3.97. The number of primary sulfonamides is 1. The van der Waals surface area contributed by atoms with Crippen LogP contribution in [0.3, 0.4) is 0 Å².